The number of anilines is 2. The summed E-state index contributed by atoms with van der Waals surface area (Å²) in [6.07, 6.45) is -1.38. The molecule has 3 N–H and O–H groups in total. The zero-order valence-corrected chi connectivity index (χ0v) is 25.4. The van der Waals surface area contributed by atoms with Gasteiger partial charge in [-0.15, -0.1) is 0 Å². The Morgan fingerprint density at radius 3 is 2.63 bits per heavy atom. The van der Waals surface area contributed by atoms with Crippen LogP contribution >= 0.6 is 0 Å². The van der Waals surface area contributed by atoms with Crippen molar-refractivity contribution in [1.82, 2.24) is 24.2 Å². The zero-order valence-electron chi connectivity index (χ0n) is 24.5. The first-order chi connectivity index (χ1) is 21.7. The van der Waals surface area contributed by atoms with Gasteiger partial charge in [0.25, 0.3) is 0 Å². The number of alkyl halides is 3. The van der Waals surface area contributed by atoms with E-state index in [2.05, 4.69) is 20.3 Å². The Labute approximate surface area is 261 Å². The molecule has 12 nitrogen and oxygen atoms in total. The molecule has 5 rings (SSSR count). The zero-order chi connectivity index (χ0) is 33.2. The van der Waals surface area contributed by atoms with Crippen LogP contribution in [0.15, 0.2) is 54.9 Å². The number of aryl methyl sites for hydroxylation is 1. The number of aromatic nitrogens is 3. The van der Waals surface area contributed by atoms with Gasteiger partial charge in [0.2, 0.25) is 11.8 Å². The van der Waals surface area contributed by atoms with E-state index in [9.17, 15) is 35.9 Å². The Morgan fingerprint density at radius 2 is 1.89 bits per heavy atom. The average Bonchev–Trinajstić information content (AvgIpc) is 2.99. The summed E-state index contributed by atoms with van der Waals surface area (Å²) in [5, 5.41) is 12.8. The summed E-state index contributed by atoms with van der Waals surface area (Å²) in [5.74, 6) is -0.428. The van der Waals surface area contributed by atoms with Crippen LogP contribution in [0.3, 0.4) is 0 Å². The van der Waals surface area contributed by atoms with Crippen LogP contribution in [0.5, 0.6) is 11.6 Å². The van der Waals surface area contributed by atoms with Gasteiger partial charge < -0.3 is 20.1 Å². The molecule has 0 unspecified atom stereocenters. The van der Waals surface area contributed by atoms with Crippen molar-refractivity contribution >= 4 is 38.7 Å². The molecule has 0 aliphatic carbocycles. The van der Waals surface area contributed by atoms with E-state index < -0.39 is 40.5 Å². The number of carboxylic acid groups (broad SMARTS) is 1. The molecule has 1 aliphatic rings. The van der Waals surface area contributed by atoms with Crippen LogP contribution in [0.4, 0.5) is 34.0 Å². The van der Waals surface area contributed by atoms with Gasteiger partial charge in [-0.3, -0.25) is 4.72 Å². The first kappa shape index (κ1) is 32.6. The molecule has 1 atom stereocenters. The minimum Gasteiger partial charge on any atom is -0.465 e. The van der Waals surface area contributed by atoms with E-state index in [-0.39, 0.29) is 45.2 Å². The van der Waals surface area contributed by atoms with Crippen molar-refractivity contribution in [3.8, 4) is 22.9 Å². The molecule has 2 aromatic heterocycles. The largest absolute Gasteiger partial charge is 0.465 e. The molecular weight excluding hydrogens is 634 g/mol. The highest BCUT2D eigenvalue weighted by Gasteiger charge is 2.35. The van der Waals surface area contributed by atoms with Crippen LogP contribution in [0, 0.1) is 12.7 Å². The van der Waals surface area contributed by atoms with Crippen molar-refractivity contribution < 1.29 is 40.6 Å². The lowest BCUT2D eigenvalue weighted by Crippen LogP contribution is -2.44. The van der Waals surface area contributed by atoms with Gasteiger partial charge in [-0.1, -0.05) is 12.1 Å². The molecule has 1 amide bonds. The Bertz CT molecular complexity index is 1880. The number of hydrogen-bond acceptors (Lipinski definition) is 8. The van der Waals surface area contributed by atoms with Crippen LogP contribution in [-0.4, -0.2) is 82.7 Å². The number of pyridine rings is 1. The fraction of sp³-hybridized carbons (Fsp3) is 0.310. The molecule has 1 aliphatic heterocycles. The molecule has 244 valence electrons. The normalized spacial score (nSPS) is 15.6. The molecular formula is C29H29F4N7O5S. The minimum absolute atomic E-state index is 0.0400. The van der Waals surface area contributed by atoms with Gasteiger partial charge in [-0.2, -0.15) is 25.9 Å². The molecule has 4 aromatic rings. The number of rotatable bonds is 9. The van der Waals surface area contributed by atoms with Gasteiger partial charge in [0, 0.05) is 49.3 Å². The summed E-state index contributed by atoms with van der Waals surface area (Å²) in [4.78, 5) is 25.9. The van der Waals surface area contributed by atoms with Gasteiger partial charge in [0.05, 0.1) is 16.9 Å². The average molecular weight is 664 g/mol. The van der Waals surface area contributed by atoms with Crippen LogP contribution in [0.1, 0.15) is 18.4 Å². The molecule has 3 heterocycles. The van der Waals surface area contributed by atoms with Crippen molar-refractivity contribution in [1.29, 1.82) is 0 Å². The number of ether oxygens (including phenoxy) is 1. The molecule has 0 bridgehead atoms. The van der Waals surface area contributed by atoms with Crippen LogP contribution in [0.25, 0.3) is 22.0 Å². The summed E-state index contributed by atoms with van der Waals surface area (Å²) in [6, 6.07) is 10.1. The highest BCUT2D eigenvalue weighted by molar-refractivity contribution is 7.90. The van der Waals surface area contributed by atoms with E-state index >= 15 is 0 Å². The van der Waals surface area contributed by atoms with Crippen molar-refractivity contribution in [3.63, 3.8) is 0 Å². The third-order valence-electron chi connectivity index (χ3n) is 7.27. The number of carbonyl (C=O) groups is 1. The fourth-order valence-electron chi connectivity index (χ4n) is 5.04. The number of nitrogens with zero attached hydrogens (tertiary/aromatic N) is 5. The molecule has 17 heteroatoms. The smallest absolute Gasteiger partial charge is 0.407 e. The topological polar surface area (TPSA) is 150 Å². The maximum Gasteiger partial charge on any atom is 0.407 e. The molecule has 46 heavy (non-hydrogen) atoms. The van der Waals surface area contributed by atoms with Crippen LogP contribution in [-0.2, 0) is 10.2 Å². The summed E-state index contributed by atoms with van der Waals surface area (Å²) < 4.78 is 87.2. The second kappa shape index (κ2) is 12.9. The number of likely N-dealkylation sites (tertiary alicyclic amines) is 1. The molecule has 0 spiro atoms. The van der Waals surface area contributed by atoms with E-state index in [4.69, 9.17) is 4.74 Å². The standard InChI is InChI=1S/C29H29F4N7O5S/c1-17-7-8-19-20(9-10-22(30)24(19)38-46(43,44)39(2)16-29(31,32)33)25(17)45-26-21(6-3-12-34-26)23-11-13-35-27(37-23)36-18-5-4-14-40(15-18)28(41)42/h3,6-13,18,38H,4-5,14-16H2,1-2H3,(H,41,42)(H,35,36,37)/t18-/m0/s1. The van der Waals surface area contributed by atoms with Crippen molar-refractivity contribution in [3.05, 3.63) is 66.2 Å². The van der Waals surface area contributed by atoms with Crippen molar-refractivity contribution in [2.45, 2.75) is 32.0 Å². The summed E-state index contributed by atoms with van der Waals surface area (Å²) >= 11 is 0. The van der Waals surface area contributed by atoms with E-state index in [0.717, 1.165) is 19.5 Å². The number of hydrogen-bond donors (Lipinski definition) is 3. The monoisotopic (exact) mass is 663 g/mol. The number of nitrogens with one attached hydrogen (secondary N) is 2. The summed E-state index contributed by atoms with van der Waals surface area (Å²) in [5.41, 5.74) is 0.908. The third kappa shape index (κ3) is 7.37. The van der Waals surface area contributed by atoms with Crippen molar-refractivity contribution in [2.24, 2.45) is 0 Å². The maximum atomic E-state index is 15.0. The van der Waals surface area contributed by atoms with E-state index in [1.165, 1.54) is 29.4 Å². The lowest BCUT2D eigenvalue weighted by molar-refractivity contribution is -0.134. The third-order valence-corrected chi connectivity index (χ3v) is 8.68. The second-order valence-corrected chi connectivity index (χ2v) is 12.4. The summed E-state index contributed by atoms with van der Waals surface area (Å²) in [7, 11) is -4.06. The van der Waals surface area contributed by atoms with Crippen molar-refractivity contribution in [2.75, 3.05) is 36.7 Å². The predicted octanol–water partition coefficient (Wildman–Crippen LogP) is 5.64. The SMILES string of the molecule is Cc1ccc2c(NS(=O)(=O)N(C)CC(F)(F)F)c(F)ccc2c1Oc1ncccc1-c1ccnc(N[C@H]2CCCN(C(=O)O)C2)n1. The number of piperidine rings is 1. The molecule has 0 saturated carbocycles. The molecule has 1 fully saturated rings. The lowest BCUT2D eigenvalue weighted by Gasteiger charge is -2.31. The summed E-state index contributed by atoms with van der Waals surface area (Å²) in [6.45, 7) is 0.667. The Balaban J connectivity index is 1.46. The minimum atomic E-state index is -4.81. The Hall–Kier alpha value is -4.77. The second-order valence-electron chi connectivity index (χ2n) is 10.6. The molecule has 2 aromatic carbocycles. The van der Waals surface area contributed by atoms with E-state index in [0.29, 0.717) is 29.8 Å². The van der Waals surface area contributed by atoms with Crippen LogP contribution in [0.2, 0.25) is 0 Å². The predicted molar refractivity (Wildman–Crippen MR) is 161 cm³/mol. The van der Waals surface area contributed by atoms with E-state index in [1.54, 1.807) is 31.2 Å². The highest BCUT2D eigenvalue weighted by Crippen LogP contribution is 2.40. The number of halogens is 4. The number of amides is 1. The quantitative estimate of drug-likeness (QED) is 0.194. The fourth-order valence-corrected chi connectivity index (χ4v) is 5.97. The van der Waals surface area contributed by atoms with Gasteiger partial charge in [-0.05, 0) is 55.7 Å². The first-order valence-electron chi connectivity index (χ1n) is 13.9. The molecule has 0 radical (unpaired) electrons. The van der Waals surface area contributed by atoms with Crippen LogP contribution < -0.4 is 14.8 Å². The lowest BCUT2D eigenvalue weighted by atomic mass is 10.0. The van der Waals surface area contributed by atoms with Gasteiger partial charge >= 0.3 is 22.5 Å². The van der Waals surface area contributed by atoms with Gasteiger partial charge in [0.1, 0.15) is 18.1 Å². The first-order valence-corrected chi connectivity index (χ1v) is 15.4. The van der Waals surface area contributed by atoms with E-state index in [1.807, 2.05) is 4.72 Å². The highest BCUT2D eigenvalue weighted by atomic mass is 32.2. The maximum absolute atomic E-state index is 15.0. The Morgan fingerprint density at radius 1 is 1.13 bits per heavy atom. The Kier molecular flexibility index (Phi) is 9.16. The number of fused-ring (bicyclic) bond motifs is 1. The van der Waals surface area contributed by atoms with Gasteiger partial charge in [0.15, 0.2) is 0 Å². The number of benzene rings is 2. The molecule has 1 saturated heterocycles. The van der Waals surface area contributed by atoms with Gasteiger partial charge in [-0.25, -0.2) is 24.1 Å².